The summed E-state index contributed by atoms with van der Waals surface area (Å²) < 4.78 is 0. The summed E-state index contributed by atoms with van der Waals surface area (Å²) in [5.74, 6) is 1.02. The molecule has 0 saturated heterocycles. The van der Waals surface area contributed by atoms with Gasteiger partial charge in [0, 0.05) is 19.1 Å². The Morgan fingerprint density at radius 1 is 1.42 bits per heavy atom. The van der Waals surface area contributed by atoms with Crippen LogP contribution in [0.2, 0.25) is 0 Å². The molecule has 0 saturated carbocycles. The van der Waals surface area contributed by atoms with Crippen molar-refractivity contribution in [1.29, 1.82) is 0 Å². The van der Waals surface area contributed by atoms with Crippen LogP contribution in [0.25, 0.3) is 0 Å². The lowest BCUT2D eigenvalue weighted by Gasteiger charge is -2.19. The number of nitro groups is 1. The number of likely N-dealkylation sites (N-methyl/N-ethyl adjacent to an activating group) is 1. The highest BCUT2D eigenvalue weighted by Gasteiger charge is 2.12. The molecule has 0 aromatic carbocycles. The summed E-state index contributed by atoms with van der Waals surface area (Å²) in [6.45, 7) is 5.41. The van der Waals surface area contributed by atoms with Gasteiger partial charge in [0.1, 0.15) is 11.6 Å². The molecule has 2 N–H and O–H groups in total. The van der Waals surface area contributed by atoms with E-state index in [2.05, 4.69) is 15.6 Å². The van der Waals surface area contributed by atoms with E-state index in [0.29, 0.717) is 18.2 Å². The standard InChI is InChI=1S/C12H21N5O2/c1-5-13-11-6-10(17(18)19)7-12(15-11)14-9(2)8-16(3)4/h6-7,9H,5,8H2,1-4H3,(H2,13,14,15). The molecule has 19 heavy (non-hydrogen) atoms. The second-order valence-corrected chi connectivity index (χ2v) is 4.69. The first-order valence-corrected chi connectivity index (χ1v) is 6.24. The van der Waals surface area contributed by atoms with Crippen LogP contribution in [0.3, 0.4) is 0 Å². The van der Waals surface area contributed by atoms with E-state index in [0.717, 1.165) is 6.54 Å². The lowest BCUT2D eigenvalue weighted by Crippen LogP contribution is -2.30. The van der Waals surface area contributed by atoms with E-state index in [1.807, 2.05) is 32.8 Å². The Balaban J connectivity index is 2.89. The average Bonchev–Trinajstić information content (AvgIpc) is 2.27. The minimum Gasteiger partial charge on any atom is -0.370 e. The molecule has 0 radical (unpaired) electrons. The molecule has 0 aliphatic carbocycles. The molecule has 0 aliphatic rings. The minimum atomic E-state index is -0.412. The zero-order valence-electron chi connectivity index (χ0n) is 11.8. The third-order valence-electron chi connectivity index (χ3n) is 2.41. The predicted molar refractivity (Wildman–Crippen MR) is 76.7 cm³/mol. The Labute approximate surface area is 113 Å². The van der Waals surface area contributed by atoms with Crippen LogP contribution in [-0.4, -0.2) is 48.0 Å². The van der Waals surface area contributed by atoms with Crippen molar-refractivity contribution in [3.63, 3.8) is 0 Å². The van der Waals surface area contributed by atoms with Crippen LogP contribution in [0.1, 0.15) is 13.8 Å². The van der Waals surface area contributed by atoms with Crippen LogP contribution in [0, 0.1) is 10.1 Å². The van der Waals surface area contributed by atoms with Crippen molar-refractivity contribution in [3.8, 4) is 0 Å². The van der Waals surface area contributed by atoms with Crippen molar-refractivity contribution in [2.24, 2.45) is 0 Å². The molecule has 7 heteroatoms. The van der Waals surface area contributed by atoms with Gasteiger partial charge in [-0.3, -0.25) is 10.1 Å². The largest absolute Gasteiger partial charge is 0.370 e. The van der Waals surface area contributed by atoms with Gasteiger partial charge in [-0.15, -0.1) is 0 Å². The Hall–Kier alpha value is -1.89. The minimum absolute atomic E-state index is 0.0329. The number of nitrogens with one attached hydrogen (secondary N) is 2. The van der Waals surface area contributed by atoms with Crippen molar-refractivity contribution in [2.45, 2.75) is 19.9 Å². The number of hydrogen-bond donors (Lipinski definition) is 2. The first-order valence-electron chi connectivity index (χ1n) is 6.24. The van der Waals surface area contributed by atoms with Crippen LogP contribution in [-0.2, 0) is 0 Å². The third-order valence-corrected chi connectivity index (χ3v) is 2.41. The van der Waals surface area contributed by atoms with Gasteiger partial charge < -0.3 is 15.5 Å². The molecule has 0 amide bonds. The fourth-order valence-electron chi connectivity index (χ4n) is 1.81. The highest BCUT2D eigenvalue weighted by Crippen LogP contribution is 2.21. The fourth-order valence-corrected chi connectivity index (χ4v) is 1.81. The van der Waals surface area contributed by atoms with E-state index in [4.69, 9.17) is 0 Å². The summed E-state index contributed by atoms with van der Waals surface area (Å²) >= 11 is 0. The first kappa shape index (κ1) is 15.2. The van der Waals surface area contributed by atoms with E-state index in [1.54, 1.807) is 0 Å². The number of aromatic nitrogens is 1. The average molecular weight is 267 g/mol. The molecular weight excluding hydrogens is 246 g/mol. The molecule has 1 atom stereocenters. The number of hydrogen-bond acceptors (Lipinski definition) is 6. The molecule has 7 nitrogen and oxygen atoms in total. The Kier molecular flexibility index (Phi) is 5.50. The number of nitrogens with zero attached hydrogens (tertiary/aromatic N) is 3. The maximum absolute atomic E-state index is 10.9. The van der Waals surface area contributed by atoms with E-state index < -0.39 is 4.92 Å². The maximum atomic E-state index is 10.9. The van der Waals surface area contributed by atoms with Gasteiger partial charge in [0.2, 0.25) is 0 Å². The molecule has 0 bridgehead atoms. The molecule has 1 rings (SSSR count). The zero-order chi connectivity index (χ0) is 14.4. The molecule has 0 aliphatic heterocycles. The van der Waals surface area contributed by atoms with E-state index in [-0.39, 0.29) is 11.7 Å². The lowest BCUT2D eigenvalue weighted by molar-refractivity contribution is -0.384. The van der Waals surface area contributed by atoms with Crippen molar-refractivity contribution < 1.29 is 4.92 Å². The normalized spacial score (nSPS) is 12.3. The van der Waals surface area contributed by atoms with Crippen LogP contribution in [0.4, 0.5) is 17.3 Å². The summed E-state index contributed by atoms with van der Waals surface area (Å²) in [4.78, 5) is 16.8. The second kappa shape index (κ2) is 6.89. The highest BCUT2D eigenvalue weighted by atomic mass is 16.6. The summed E-state index contributed by atoms with van der Waals surface area (Å²) in [5, 5.41) is 17.0. The van der Waals surface area contributed by atoms with E-state index in [1.165, 1.54) is 12.1 Å². The van der Waals surface area contributed by atoms with Crippen molar-refractivity contribution in [3.05, 3.63) is 22.2 Å². The molecule has 1 aromatic heterocycles. The fraction of sp³-hybridized carbons (Fsp3) is 0.583. The van der Waals surface area contributed by atoms with Crippen LogP contribution >= 0.6 is 0 Å². The van der Waals surface area contributed by atoms with Crippen LogP contribution in [0.5, 0.6) is 0 Å². The second-order valence-electron chi connectivity index (χ2n) is 4.69. The van der Waals surface area contributed by atoms with Gasteiger partial charge in [-0.1, -0.05) is 0 Å². The number of pyridine rings is 1. The maximum Gasteiger partial charge on any atom is 0.276 e. The molecule has 1 heterocycles. The van der Waals surface area contributed by atoms with Gasteiger partial charge in [0.25, 0.3) is 5.69 Å². The van der Waals surface area contributed by atoms with Gasteiger partial charge >= 0.3 is 0 Å². The Morgan fingerprint density at radius 3 is 2.58 bits per heavy atom. The lowest BCUT2D eigenvalue weighted by atomic mass is 10.3. The van der Waals surface area contributed by atoms with Crippen molar-refractivity contribution >= 4 is 17.3 Å². The first-order chi connectivity index (χ1) is 8.92. The quantitative estimate of drug-likeness (QED) is 0.579. The molecule has 0 spiro atoms. The number of rotatable bonds is 7. The highest BCUT2D eigenvalue weighted by molar-refractivity contribution is 5.54. The molecule has 1 aromatic rings. The summed E-state index contributed by atoms with van der Waals surface area (Å²) in [7, 11) is 3.95. The van der Waals surface area contributed by atoms with Gasteiger partial charge in [0.15, 0.2) is 0 Å². The zero-order valence-corrected chi connectivity index (χ0v) is 11.8. The predicted octanol–water partition coefficient (Wildman–Crippen LogP) is 1.78. The van der Waals surface area contributed by atoms with Gasteiger partial charge in [-0.25, -0.2) is 4.98 Å². The van der Waals surface area contributed by atoms with Crippen molar-refractivity contribution in [2.75, 3.05) is 37.8 Å². The molecule has 1 unspecified atom stereocenters. The van der Waals surface area contributed by atoms with E-state index >= 15 is 0 Å². The summed E-state index contributed by atoms with van der Waals surface area (Å²) in [5.41, 5.74) is 0.0329. The molecule has 106 valence electrons. The Morgan fingerprint density at radius 2 is 2.05 bits per heavy atom. The van der Waals surface area contributed by atoms with Gasteiger partial charge in [-0.05, 0) is 27.9 Å². The third kappa shape index (κ3) is 5.09. The van der Waals surface area contributed by atoms with Gasteiger partial charge in [-0.2, -0.15) is 0 Å². The van der Waals surface area contributed by atoms with Crippen molar-refractivity contribution in [1.82, 2.24) is 9.88 Å². The van der Waals surface area contributed by atoms with Gasteiger partial charge in [0.05, 0.1) is 17.1 Å². The summed E-state index contributed by atoms with van der Waals surface area (Å²) in [6, 6.07) is 3.04. The smallest absolute Gasteiger partial charge is 0.276 e. The topological polar surface area (TPSA) is 83.3 Å². The Bertz CT molecular complexity index is 436. The van der Waals surface area contributed by atoms with Crippen LogP contribution < -0.4 is 10.6 Å². The summed E-state index contributed by atoms with van der Waals surface area (Å²) in [6.07, 6.45) is 0. The monoisotopic (exact) mass is 267 g/mol. The van der Waals surface area contributed by atoms with E-state index in [9.17, 15) is 10.1 Å². The number of anilines is 2. The van der Waals surface area contributed by atoms with Crippen LogP contribution in [0.15, 0.2) is 12.1 Å². The SMILES string of the molecule is CCNc1cc([N+](=O)[O-])cc(NC(C)CN(C)C)n1. The molecule has 0 fully saturated rings. The molecular formula is C12H21N5O2.